The van der Waals surface area contributed by atoms with Gasteiger partial charge in [0, 0.05) is 0 Å². The topological polar surface area (TPSA) is 27.8 Å². The molecule has 0 saturated carbocycles. The number of aromatic nitrogens is 1. The van der Waals surface area contributed by atoms with E-state index >= 15 is 0 Å². The van der Waals surface area contributed by atoms with Crippen LogP contribution in [-0.2, 0) is 16.8 Å². The smallest absolute Gasteiger partial charge is 0.0149 e. The number of fused-ring (bicyclic) bond motifs is 1. The average Bonchev–Trinajstić information content (AvgIpc) is 3.21. The average molecular weight is 431 g/mol. The monoisotopic (exact) mass is 430 g/mol. The molecule has 0 spiro atoms. The Bertz CT molecular complexity index is 811. The molecular formula is C24H38N2SiTi. The summed E-state index contributed by atoms with van der Waals surface area (Å²) in [5.74, 6) is 0. The summed E-state index contributed by atoms with van der Waals surface area (Å²) in [6.07, 6.45) is 12.1. The molecule has 4 heteroatoms. The van der Waals surface area contributed by atoms with E-state index in [1.54, 1.807) is 6.08 Å². The van der Waals surface area contributed by atoms with Crippen LogP contribution in [0.5, 0.6) is 0 Å². The van der Waals surface area contributed by atoms with Gasteiger partial charge in [-0.3, -0.25) is 0 Å². The summed E-state index contributed by atoms with van der Waals surface area (Å²) in [6.45, 7) is 12.3. The van der Waals surface area contributed by atoms with E-state index < -0.39 is 16.8 Å². The first-order valence-corrected chi connectivity index (χ1v) is 14.5. The predicted octanol–water partition coefficient (Wildman–Crippen LogP) is 5.46. The Balaban J connectivity index is 0.000000584. The van der Waals surface area contributed by atoms with Crippen molar-refractivity contribution in [1.29, 1.82) is 0 Å². The quantitative estimate of drug-likeness (QED) is 0.489. The minimum Gasteiger partial charge on any atom is -0.0149 e. The summed E-state index contributed by atoms with van der Waals surface area (Å²) in [6, 6.07) is 11.1. The normalized spacial score (nSPS) is 15.9. The van der Waals surface area contributed by atoms with Crippen molar-refractivity contribution in [2.45, 2.75) is 47.9 Å². The summed E-state index contributed by atoms with van der Waals surface area (Å²) in [5.41, 5.74) is 5.85. The molecule has 2 aromatic rings. The molecule has 0 aliphatic heterocycles. The number of nitrogens with one attached hydrogen (secondary N) is 2. The molecule has 0 fully saturated rings. The summed E-state index contributed by atoms with van der Waals surface area (Å²) in [7, 11) is 0. The van der Waals surface area contributed by atoms with Crippen LogP contribution in [0.3, 0.4) is 0 Å². The van der Waals surface area contributed by atoms with Gasteiger partial charge < -0.3 is 0 Å². The van der Waals surface area contributed by atoms with Crippen molar-refractivity contribution in [3.05, 3.63) is 84.2 Å². The minimum atomic E-state index is -2.29. The van der Waals surface area contributed by atoms with Crippen molar-refractivity contribution in [3.8, 4) is 0 Å². The first-order chi connectivity index (χ1) is 12.7. The number of benzene rings is 1. The first-order valence-electron chi connectivity index (χ1n) is 9.66. The Kier molecular flexibility index (Phi) is 9.16. The van der Waals surface area contributed by atoms with E-state index in [1.165, 1.54) is 22.3 Å². The van der Waals surface area contributed by atoms with Crippen LogP contribution in [0.1, 0.15) is 48.6 Å². The van der Waals surface area contributed by atoms with Crippen LogP contribution in [-0.4, -0.2) is 21.5 Å². The van der Waals surface area contributed by atoms with E-state index in [2.05, 4.69) is 89.2 Å². The zero-order valence-electron chi connectivity index (χ0n) is 17.6. The van der Waals surface area contributed by atoms with Gasteiger partial charge in [-0.1, -0.05) is 24.8 Å². The van der Waals surface area contributed by atoms with Crippen LogP contribution in [0.25, 0.3) is 11.6 Å². The van der Waals surface area contributed by atoms with E-state index in [1.807, 2.05) is 25.3 Å². The van der Waals surface area contributed by atoms with Crippen molar-refractivity contribution >= 4 is 22.6 Å². The minimum absolute atomic E-state index is 0. The zero-order chi connectivity index (χ0) is 20.1. The summed E-state index contributed by atoms with van der Waals surface area (Å²) in [4.78, 5) is 3.21. The van der Waals surface area contributed by atoms with Crippen molar-refractivity contribution in [2.24, 2.45) is 0 Å². The third-order valence-electron chi connectivity index (χ3n) is 4.61. The van der Waals surface area contributed by atoms with Crippen LogP contribution < -0.4 is 3.80 Å². The molecule has 1 atom stereocenters. The molecular weight excluding hydrogens is 392 g/mol. The van der Waals surface area contributed by atoms with E-state index in [9.17, 15) is 0 Å². The number of aromatic amines is 1. The van der Waals surface area contributed by atoms with Gasteiger partial charge in [-0.15, -0.1) is 0 Å². The van der Waals surface area contributed by atoms with Crippen molar-refractivity contribution in [2.75, 3.05) is 0 Å². The largest absolute Gasteiger partial charge is 0.0149 e. The molecule has 1 aliphatic rings. The van der Waals surface area contributed by atoms with Crippen molar-refractivity contribution in [1.82, 2.24) is 8.78 Å². The standard InChI is InChI=1S/C13H10N.C5H8.C4H10N.2CH3.H4Si.Ti/c1-2-4-11-8-13(7-10(11)3-1)12-5-6-14-9-12;1-3-5-4-2;1-4(2,3)5;;;;/h1-9,14H;3-5H,1H2,2H3;5H,1-3H3;2*1H3;1H4;/q;;-1;;;;+1. The number of hydrogen-bond acceptors (Lipinski definition) is 1. The Morgan fingerprint density at radius 3 is 2.32 bits per heavy atom. The number of allylic oxidation sites excluding steroid dienone is 4. The SMILES string of the molecule is C=CC=CC.CC(C)(C)[NH][Ti]([CH3])([CH3])[CH]1C(c2cc[nH]c2)=Cc2ccccc21.[SiH4]. The molecule has 28 heavy (non-hydrogen) atoms. The molecule has 1 heterocycles. The maximum Gasteiger partial charge on any atom is -0.0149 e. The van der Waals surface area contributed by atoms with Crippen molar-refractivity contribution < 1.29 is 16.8 Å². The van der Waals surface area contributed by atoms with Crippen LogP contribution in [0.15, 0.2) is 67.5 Å². The molecule has 0 saturated heterocycles. The Morgan fingerprint density at radius 1 is 1.14 bits per heavy atom. The first kappa shape index (κ1) is 24.6. The fourth-order valence-electron chi connectivity index (χ4n) is 4.03. The van der Waals surface area contributed by atoms with Gasteiger partial charge in [0.1, 0.15) is 0 Å². The second kappa shape index (κ2) is 10.4. The molecule has 0 bridgehead atoms. The fourth-order valence-corrected chi connectivity index (χ4v) is 10.5. The molecule has 1 unspecified atom stereocenters. The van der Waals surface area contributed by atoms with Gasteiger partial charge in [-0.05, 0) is 17.9 Å². The van der Waals surface area contributed by atoms with Crippen molar-refractivity contribution in [3.63, 3.8) is 0 Å². The molecule has 152 valence electrons. The van der Waals surface area contributed by atoms with Gasteiger partial charge in [0.05, 0.1) is 0 Å². The maximum atomic E-state index is 4.01. The number of rotatable bonds is 4. The van der Waals surface area contributed by atoms with E-state index in [-0.39, 0.29) is 16.5 Å². The Labute approximate surface area is 179 Å². The molecule has 0 radical (unpaired) electrons. The molecule has 1 aromatic carbocycles. The molecule has 2 nitrogen and oxygen atoms in total. The molecule has 1 aliphatic carbocycles. The Hall–Kier alpha value is -1.39. The van der Waals surface area contributed by atoms with Crippen LogP contribution in [0.2, 0.25) is 10.5 Å². The van der Waals surface area contributed by atoms with Gasteiger partial charge in [0.2, 0.25) is 0 Å². The van der Waals surface area contributed by atoms with Crippen LogP contribution in [0.4, 0.5) is 0 Å². The molecule has 1 aromatic heterocycles. The zero-order valence-corrected chi connectivity index (χ0v) is 19.2. The fraction of sp³-hybridized carbons (Fsp3) is 0.333. The second-order valence-corrected chi connectivity index (χ2v) is 15.3. The third kappa shape index (κ3) is 6.32. The second-order valence-electron chi connectivity index (χ2n) is 8.62. The Morgan fingerprint density at radius 2 is 1.82 bits per heavy atom. The van der Waals surface area contributed by atoms with E-state index in [0.29, 0.717) is 4.22 Å². The maximum absolute atomic E-state index is 4.01. The third-order valence-corrected chi connectivity index (χ3v) is 10.0. The van der Waals surface area contributed by atoms with Gasteiger partial charge in [0.25, 0.3) is 0 Å². The van der Waals surface area contributed by atoms with Crippen LogP contribution in [0, 0.1) is 0 Å². The molecule has 3 rings (SSSR count). The molecule has 0 amide bonds. The van der Waals surface area contributed by atoms with Gasteiger partial charge in [-0.25, -0.2) is 0 Å². The predicted molar refractivity (Wildman–Crippen MR) is 129 cm³/mol. The van der Waals surface area contributed by atoms with Gasteiger partial charge >= 0.3 is 138 Å². The summed E-state index contributed by atoms with van der Waals surface area (Å²) < 4.78 is 4.54. The van der Waals surface area contributed by atoms with Crippen LogP contribution >= 0.6 is 0 Å². The summed E-state index contributed by atoms with van der Waals surface area (Å²) >= 11 is -2.29. The van der Waals surface area contributed by atoms with Gasteiger partial charge in [0.15, 0.2) is 0 Å². The summed E-state index contributed by atoms with van der Waals surface area (Å²) in [5, 5.41) is 5.00. The van der Waals surface area contributed by atoms with E-state index in [0.717, 1.165) is 0 Å². The number of H-pyrrole nitrogens is 1. The number of hydrogen-bond donors (Lipinski definition) is 2. The molecule has 2 N–H and O–H groups in total. The van der Waals surface area contributed by atoms with Gasteiger partial charge in [-0.2, -0.15) is 0 Å². The van der Waals surface area contributed by atoms with E-state index in [4.69, 9.17) is 0 Å².